The summed E-state index contributed by atoms with van der Waals surface area (Å²) in [7, 11) is 0. The van der Waals surface area contributed by atoms with Crippen LogP contribution in [-0.2, 0) is 4.74 Å². The van der Waals surface area contributed by atoms with Crippen molar-refractivity contribution in [2.45, 2.75) is 25.9 Å². The van der Waals surface area contributed by atoms with E-state index in [0.29, 0.717) is 0 Å². The van der Waals surface area contributed by atoms with Crippen LogP contribution in [0.2, 0.25) is 0 Å². The van der Waals surface area contributed by atoms with Crippen molar-refractivity contribution in [3.63, 3.8) is 0 Å². The van der Waals surface area contributed by atoms with Gasteiger partial charge in [-0.05, 0) is 42.8 Å². The second-order valence-electron chi connectivity index (χ2n) is 6.27. The number of hydrogen-bond acceptors (Lipinski definition) is 5. The Kier molecular flexibility index (Phi) is 4.48. The molecule has 2 aromatic carbocycles. The Labute approximate surface area is 147 Å². The summed E-state index contributed by atoms with van der Waals surface area (Å²) in [5, 5.41) is 4.40. The molecule has 0 unspecified atom stereocenters. The fraction of sp³-hybridized carbons (Fsp3) is 0.300. The van der Waals surface area contributed by atoms with Crippen LogP contribution in [0.4, 0.5) is 11.5 Å². The number of nitrogens with one attached hydrogen (secondary N) is 1. The van der Waals surface area contributed by atoms with Crippen LogP contribution in [0.5, 0.6) is 5.75 Å². The van der Waals surface area contributed by atoms with Gasteiger partial charge in [0.25, 0.3) is 0 Å². The molecular weight excluding hydrogens is 314 g/mol. The lowest BCUT2D eigenvalue weighted by Crippen LogP contribution is -2.26. The van der Waals surface area contributed by atoms with Gasteiger partial charge < -0.3 is 14.8 Å². The van der Waals surface area contributed by atoms with Crippen molar-refractivity contribution in [3.05, 3.63) is 54.4 Å². The lowest BCUT2D eigenvalue weighted by molar-refractivity contribution is 0.0253. The number of para-hydroxylation sites is 1. The average Bonchev–Trinajstić information content (AvgIpc) is 2.65. The first-order valence-electron chi connectivity index (χ1n) is 8.61. The molecule has 5 heteroatoms. The molecule has 1 aliphatic rings. The van der Waals surface area contributed by atoms with E-state index in [9.17, 15) is 0 Å². The monoisotopic (exact) mass is 335 g/mol. The summed E-state index contributed by atoms with van der Waals surface area (Å²) in [5.74, 6) is 1.74. The van der Waals surface area contributed by atoms with Crippen molar-refractivity contribution < 1.29 is 9.47 Å². The molecule has 5 nitrogen and oxygen atoms in total. The lowest BCUT2D eigenvalue weighted by atomic mass is 10.1. The predicted molar refractivity (Wildman–Crippen MR) is 98.5 cm³/mol. The van der Waals surface area contributed by atoms with Crippen molar-refractivity contribution in [3.8, 4) is 5.75 Å². The van der Waals surface area contributed by atoms with Gasteiger partial charge in [0.15, 0.2) is 0 Å². The number of fused-ring (bicyclic) bond motifs is 1. The van der Waals surface area contributed by atoms with Crippen LogP contribution in [0.15, 0.2) is 48.8 Å². The van der Waals surface area contributed by atoms with E-state index < -0.39 is 0 Å². The summed E-state index contributed by atoms with van der Waals surface area (Å²) in [4.78, 5) is 8.68. The van der Waals surface area contributed by atoms with Crippen molar-refractivity contribution in [2.24, 2.45) is 0 Å². The molecule has 128 valence electrons. The zero-order valence-corrected chi connectivity index (χ0v) is 14.2. The van der Waals surface area contributed by atoms with Gasteiger partial charge >= 0.3 is 0 Å². The van der Waals surface area contributed by atoms with Gasteiger partial charge in [0.2, 0.25) is 0 Å². The molecule has 0 aliphatic carbocycles. The van der Waals surface area contributed by atoms with E-state index >= 15 is 0 Å². The van der Waals surface area contributed by atoms with Crippen LogP contribution in [0, 0.1) is 6.92 Å². The highest BCUT2D eigenvalue weighted by atomic mass is 16.5. The maximum atomic E-state index is 6.13. The average molecular weight is 335 g/mol. The number of ether oxygens (including phenoxy) is 2. The molecule has 0 bridgehead atoms. The third kappa shape index (κ3) is 3.56. The second-order valence-corrected chi connectivity index (χ2v) is 6.27. The van der Waals surface area contributed by atoms with Gasteiger partial charge in [0, 0.05) is 23.9 Å². The third-order valence-corrected chi connectivity index (χ3v) is 4.44. The Morgan fingerprint density at radius 3 is 2.76 bits per heavy atom. The molecule has 0 saturated carbocycles. The molecule has 1 fully saturated rings. The molecule has 3 aromatic rings. The standard InChI is InChI=1S/C20H21N3O2/c1-14-12-15(6-7-19(14)25-16-8-10-24-11-9-16)23-20-17-4-2-3-5-18(17)21-13-22-20/h2-7,12-13,16H,8-11H2,1H3,(H,21,22,23). The van der Waals surface area contributed by atoms with E-state index in [4.69, 9.17) is 9.47 Å². The van der Waals surface area contributed by atoms with E-state index in [1.54, 1.807) is 6.33 Å². The number of nitrogens with zero attached hydrogens (tertiary/aromatic N) is 2. The molecule has 0 radical (unpaired) electrons. The number of rotatable bonds is 4. The third-order valence-electron chi connectivity index (χ3n) is 4.44. The molecule has 2 heterocycles. The molecule has 0 spiro atoms. The first-order chi connectivity index (χ1) is 12.3. The van der Waals surface area contributed by atoms with E-state index in [1.807, 2.05) is 36.4 Å². The van der Waals surface area contributed by atoms with E-state index in [2.05, 4.69) is 28.3 Å². The molecule has 25 heavy (non-hydrogen) atoms. The first-order valence-corrected chi connectivity index (χ1v) is 8.61. The van der Waals surface area contributed by atoms with Crippen molar-refractivity contribution >= 4 is 22.4 Å². The summed E-state index contributed by atoms with van der Waals surface area (Å²) in [6.45, 7) is 3.63. The Bertz CT molecular complexity index is 870. The molecule has 1 N–H and O–H groups in total. The summed E-state index contributed by atoms with van der Waals surface area (Å²) in [5.41, 5.74) is 3.02. The summed E-state index contributed by atoms with van der Waals surface area (Å²) >= 11 is 0. The van der Waals surface area contributed by atoms with Crippen LogP contribution in [0.3, 0.4) is 0 Å². The van der Waals surface area contributed by atoms with Crippen molar-refractivity contribution in [2.75, 3.05) is 18.5 Å². The molecule has 1 aromatic heterocycles. The maximum absolute atomic E-state index is 6.13. The lowest BCUT2D eigenvalue weighted by Gasteiger charge is -2.24. The van der Waals surface area contributed by atoms with Gasteiger partial charge in [-0.2, -0.15) is 0 Å². The molecule has 0 amide bonds. The van der Waals surface area contributed by atoms with E-state index in [1.165, 1.54) is 0 Å². The normalized spacial score (nSPS) is 15.2. The molecule has 1 saturated heterocycles. The minimum atomic E-state index is 0.247. The van der Waals surface area contributed by atoms with Crippen LogP contribution in [-0.4, -0.2) is 29.3 Å². The summed E-state index contributed by atoms with van der Waals surface area (Å²) in [6.07, 6.45) is 3.73. The van der Waals surface area contributed by atoms with Crippen molar-refractivity contribution in [1.29, 1.82) is 0 Å². The second kappa shape index (κ2) is 7.07. The van der Waals surface area contributed by atoms with Gasteiger partial charge in [-0.1, -0.05) is 12.1 Å². The topological polar surface area (TPSA) is 56.3 Å². The SMILES string of the molecule is Cc1cc(Nc2ncnc3ccccc23)ccc1OC1CCOCC1. The van der Waals surface area contributed by atoms with Crippen LogP contribution in [0.25, 0.3) is 10.9 Å². The highest BCUT2D eigenvalue weighted by molar-refractivity contribution is 5.90. The van der Waals surface area contributed by atoms with Crippen LogP contribution < -0.4 is 10.1 Å². The highest BCUT2D eigenvalue weighted by Gasteiger charge is 2.16. The number of benzene rings is 2. The first kappa shape index (κ1) is 15.8. The fourth-order valence-corrected chi connectivity index (χ4v) is 3.07. The predicted octanol–water partition coefficient (Wildman–Crippen LogP) is 4.24. The number of aryl methyl sites for hydroxylation is 1. The van der Waals surface area contributed by atoms with Crippen LogP contribution >= 0.6 is 0 Å². The van der Waals surface area contributed by atoms with Crippen molar-refractivity contribution in [1.82, 2.24) is 9.97 Å². The number of hydrogen-bond donors (Lipinski definition) is 1. The molecule has 1 aliphatic heterocycles. The van der Waals surface area contributed by atoms with E-state index in [0.717, 1.165) is 59.8 Å². The Balaban J connectivity index is 1.54. The van der Waals surface area contributed by atoms with E-state index in [-0.39, 0.29) is 6.10 Å². The van der Waals surface area contributed by atoms with Gasteiger partial charge in [0.1, 0.15) is 24.0 Å². The fourth-order valence-electron chi connectivity index (χ4n) is 3.07. The Hall–Kier alpha value is -2.66. The van der Waals surface area contributed by atoms with Gasteiger partial charge in [-0.15, -0.1) is 0 Å². The number of anilines is 2. The quantitative estimate of drug-likeness (QED) is 0.773. The van der Waals surface area contributed by atoms with Gasteiger partial charge in [-0.3, -0.25) is 0 Å². The summed E-state index contributed by atoms with van der Waals surface area (Å²) < 4.78 is 11.5. The smallest absolute Gasteiger partial charge is 0.141 e. The largest absolute Gasteiger partial charge is 0.490 e. The highest BCUT2D eigenvalue weighted by Crippen LogP contribution is 2.28. The Morgan fingerprint density at radius 2 is 1.92 bits per heavy atom. The zero-order chi connectivity index (χ0) is 17.1. The maximum Gasteiger partial charge on any atom is 0.141 e. The molecule has 4 rings (SSSR count). The number of aromatic nitrogens is 2. The molecule has 0 atom stereocenters. The molecular formula is C20H21N3O2. The summed E-state index contributed by atoms with van der Waals surface area (Å²) in [6, 6.07) is 14.1. The minimum absolute atomic E-state index is 0.247. The van der Waals surface area contributed by atoms with Crippen LogP contribution in [0.1, 0.15) is 18.4 Å². The van der Waals surface area contributed by atoms with Gasteiger partial charge in [-0.25, -0.2) is 9.97 Å². The van der Waals surface area contributed by atoms with Gasteiger partial charge in [0.05, 0.1) is 18.7 Å². The minimum Gasteiger partial charge on any atom is -0.490 e. The Morgan fingerprint density at radius 1 is 1.08 bits per heavy atom. The zero-order valence-electron chi connectivity index (χ0n) is 14.2.